The van der Waals surface area contributed by atoms with Crippen molar-refractivity contribution in [2.24, 2.45) is 0 Å². The standard InChI is InChI=1S/C13H13FN2O/c1-8(2)13-11(14)3-9(4-12(13)17)10-5-15-7-16-6-10/h3-8,17H,1-2H3. The van der Waals surface area contributed by atoms with Gasteiger partial charge in [0.05, 0.1) is 0 Å². The lowest BCUT2D eigenvalue weighted by Gasteiger charge is -2.11. The summed E-state index contributed by atoms with van der Waals surface area (Å²) in [6, 6.07) is 2.94. The lowest BCUT2D eigenvalue weighted by Crippen LogP contribution is -1.95. The van der Waals surface area contributed by atoms with Gasteiger partial charge in [-0.25, -0.2) is 14.4 Å². The average molecular weight is 232 g/mol. The Kier molecular flexibility index (Phi) is 3.04. The zero-order valence-corrected chi connectivity index (χ0v) is 9.68. The second kappa shape index (κ2) is 4.49. The number of nitrogens with zero attached hydrogens (tertiary/aromatic N) is 2. The summed E-state index contributed by atoms with van der Waals surface area (Å²) in [5.41, 5.74) is 1.59. The van der Waals surface area contributed by atoms with Crippen molar-refractivity contribution in [2.45, 2.75) is 19.8 Å². The number of aromatic hydroxyl groups is 1. The van der Waals surface area contributed by atoms with Crippen LogP contribution in [0.25, 0.3) is 11.1 Å². The number of hydrogen-bond donors (Lipinski definition) is 1. The molecule has 2 aromatic rings. The monoisotopic (exact) mass is 232 g/mol. The molecule has 1 heterocycles. The first-order valence-corrected chi connectivity index (χ1v) is 5.37. The van der Waals surface area contributed by atoms with E-state index in [4.69, 9.17) is 0 Å². The molecule has 0 bridgehead atoms. The molecule has 0 aliphatic rings. The molecule has 0 aliphatic heterocycles. The van der Waals surface area contributed by atoms with Gasteiger partial charge in [0.1, 0.15) is 17.9 Å². The van der Waals surface area contributed by atoms with Crippen LogP contribution in [-0.2, 0) is 0 Å². The SMILES string of the molecule is CC(C)c1c(O)cc(-c2cncnc2)cc1F. The second-order valence-electron chi connectivity index (χ2n) is 4.17. The predicted octanol–water partition coefficient (Wildman–Crippen LogP) is 3.11. The van der Waals surface area contributed by atoms with Gasteiger partial charge in [-0.3, -0.25) is 0 Å². The number of benzene rings is 1. The smallest absolute Gasteiger partial charge is 0.130 e. The first kappa shape index (κ1) is 11.5. The van der Waals surface area contributed by atoms with Gasteiger partial charge in [0.25, 0.3) is 0 Å². The van der Waals surface area contributed by atoms with Gasteiger partial charge in [0.15, 0.2) is 0 Å². The normalized spacial score (nSPS) is 10.8. The Bertz CT molecular complexity index is 503. The highest BCUT2D eigenvalue weighted by Crippen LogP contribution is 2.32. The minimum atomic E-state index is -0.404. The van der Waals surface area contributed by atoms with Crippen molar-refractivity contribution in [3.05, 3.63) is 42.2 Å². The second-order valence-corrected chi connectivity index (χ2v) is 4.17. The fraction of sp³-hybridized carbons (Fsp3) is 0.231. The maximum Gasteiger partial charge on any atom is 0.130 e. The van der Waals surface area contributed by atoms with Gasteiger partial charge in [-0.2, -0.15) is 0 Å². The number of rotatable bonds is 2. The Hall–Kier alpha value is -1.97. The maximum absolute atomic E-state index is 13.8. The summed E-state index contributed by atoms with van der Waals surface area (Å²) in [7, 11) is 0. The van der Waals surface area contributed by atoms with Gasteiger partial charge in [-0.1, -0.05) is 13.8 Å². The third-order valence-corrected chi connectivity index (χ3v) is 2.58. The van der Waals surface area contributed by atoms with Crippen LogP contribution in [-0.4, -0.2) is 15.1 Å². The van der Waals surface area contributed by atoms with Crippen molar-refractivity contribution in [3.63, 3.8) is 0 Å². The van der Waals surface area contributed by atoms with E-state index in [2.05, 4.69) is 9.97 Å². The molecule has 17 heavy (non-hydrogen) atoms. The van der Waals surface area contributed by atoms with Crippen LogP contribution in [0.1, 0.15) is 25.3 Å². The lowest BCUT2D eigenvalue weighted by molar-refractivity contribution is 0.454. The van der Waals surface area contributed by atoms with Crippen LogP contribution in [0.15, 0.2) is 30.9 Å². The van der Waals surface area contributed by atoms with Crippen LogP contribution < -0.4 is 0 Å². The number of phenols is 1. The van der Waals surface area contributed by atoms with Crippen molar-refractivity contribution in [1.82, 2.24) is 9.97 Å². The summed E-state index contributed by atoms with van der Waals surface area (Å²) in [5, 5.41) is 9.82. The first-order valence-electron chi connectivity index (χ1n) is 5.37. The van der Waals surface area contributed by atoms with Crippen molar-refractivity contribution in [1.29, 1.82) is 0 Å². The molecule has 1 N–H and O–H groups in total. The Labute approximate surface area is 99.0 Å². The van der Waals surface area contributed by atoms with Crippen LogP contribution in [0.5, 0.6) is 5.75 Å². The summed E-state index contributed by atoms with van der Waals surface area (Å²) in [6.45, 7) is 3.67. The van der Waals surface area contributed by atoms with Crippen molar-refractivity contribution < 1.29 is 9.50 Å². The van der Waals surface area contributed by atoms with E-state index in [1.165, 1.54) is 18.5 Å². The number of aromatic nitrogens is 2. The minimum absolute atomic E-state index is 0.0288. The average Bonchev–Trinajstić information content (AvgIpc) is 2.28. The molecule has 0 amide bonds. The number of hydrogen-bond acceptors (Lipinski definition) is 3. The molecule has 0 radical (unpaired) electrons. The molecule has 0 fully saturated rings. The molecule has 0 atom stereocenters. The Morgan fingerprint density at radius 3 is 2.29 bits per heavy atom. The Balaban J connectivity index is 2.53. The third-order valence-electron chi connectivity index (χ3n) is 2.58. The summed E-state index contributed by atoms with van der Waals surface area (Å²) in [5.74, 6) is -0.492. The molecular formula is C13H13FN2O. The lowest BCUT2D eigenvalue weighted by atomic mass is 9.98. The van der Waals surface area contributed by atoms with Crippen LogP contribution in [0.4, 0.5) is 4.39 Å². The molecule has 0 saturated carbocycles. The van der Waals surface area contributed by atoms with Gasteiger partial charge < -0.3 is 5.11 Å². The van der Waals surface area contributed by atoms with E-state index in [9.17, 15) is 9.50 Å². The van der Waals surface area contributed by atoms with E-state index in [-0.39, 0.29) is 11.7 Å². The topological polar surface area (TPSA) is 46.0 Å². The van der Waals surface area contributed by atoms with Crippen molar-refractivity contribution in [3.8, 4) is 16.9 Å². The molecule has 1 aromatic carbocycles. The first-order chi connectivity index (χ1) is 8.09. The Morgan fingerprint density at radius 2 is 1.76 bits per heavy atom. The highest BCUT2D eigenvalue weighted by Gasteiger charge is 2.14. The van der Waals surface area contributed by atoms with Crippen molar-refractivity contribution in [2.75, 3.05) is 0 Å². The molecule has 4 heteroatoms. The molecular weight excluding hydrogens is 219 g/mol. The van der Waals surface area contributed by atoms with Crippen LogP contribution in [0, 0.1) is 5.82 Å². The van der Waals surface area contributed by atoms with E-state index >= 15 is 0 Å². The fourth-order valence-corrected chi connectivity index (χ4v) is 1.79. The van der Waals surface area contributed by atoms with Gasteiger partial charge in [-0.05, 0) is 23.6 Å². The van der Waals surface area contributed by atoms with Crippen LogP contribution in [0.2, 0.25) is 0 Å². The quantitative estimate of drug-likeness (QED) is 0.865. The number of halogens is 1. The highest BCUT2D eigenvalue weighted by atomic mass is 19.1. The molecule has 0 saturated heterocycles. The van der Waals surface area contributed by atoms with E-state index in [1.807, 2.05) is 13.8 Å². The predicted molar refractivity (Wildman–Crippen MR) is 63.2 cm³/mol. The summed E-state index contributed by atoms with van der Waals surface area (Å²) < 4.78 is 13.8. The third kappa shape index (κ3) is 2.25. The van der Waals surface area contributed by atoms with Crippen LogP contribution >= 0.6 is 0 Å². The highest BCUT2D eigenvalue weighted by molar-refractivity contribution is 5.64. The molecule has 0 aliphatic carbocycles. The van der Waals surface area contributed by atoms with Crippen LogP contribution in [0.3, 0.4) is 0 Å². The van der Waals surface area contributed by atoms with Crippen molar-refractivity contribution >= 4 is 0 Å². The largest absolute Gasteiger partial charge is 0.508 e. The van der Waals surface area contributed by atoms with E-state index < -0.39 is 5.82 Å². The van der Waals surface area contributed by atoms with E-state index in [0.29, 0.717) is 16.7 Å². The molecule has 3 nitrogen and oxygen atoms in total. The minimum Gasteiger partial charge on any atom is -0.508 e. The summed E-state index contributed by atoms with van der Waals surface area (Å²) in [6.07, 6.45) is 4.56. The summed E-state index contributed by atoms with van der Waals surface area (Å²) >= 11 is 0. The zero-order valence-electron chi connectivity index (χ0n) is 9.68. The van der Waals surface area contributed by atoms with Gasteiger partial charge >= 0.3 is 0 Å². The van der Waals surface area contributed by atoms with Gasteiger partial charge in [-0.15, -0.1) is 0 Å². The van der Waals surface area contributed by atoms with Gasteiger partial charge in [0, 0.05) is 23.5 Å². The zero-order chi connectivity index (χ0) is 12.4. The van der Waals surface area contributed by atoms with E-state index in [0.717, 1.165) is 0 Å². The molecule has 88 valence electrons. The summed E-state index contributed by atoms with van der Waals surface area (Å²) in [4.78, 5) is 7.73. The molecule has 1 aromatic heterocycles. The van der Waals surface area contributed by atoms with Gasteiger partial charge in [0.2, 0.25) is 0 Å². The maximum atomic E-state index is 13.8. The molecule has 2 rings (SSSR count). The van der Waals surface area contributed by atoms with E-state index in [1.54, 1.807) is 12.4 Å². The molecule has 0 unspecified atom stereocenters. The number of phenolic OH excluding ortho intramolecular Hbond substituents is 1. The molecule has 0 spiro atoms. The fourth-order valence-electron chi connectivity index (χ4n) is 1.79. The Morgan fingerprint density at radius 1 is 1.12 bits per heavy atom.